The fraction of sp³-hybridized carbons (Fsp3) is 0.474. The molecule has 0 bridgehead atoms. The summed E-state index contributed by atoms with van der Waals surface area (Å²) in [5, 5.41) is 6.21. The molecule has 0 radical (unpaired) electrons. The van der Waals surface area contributed by atoms with Gasteiger partial charge in [0.15, 0.2) is 11.5 Å². The molecule has 0 unspecified atom stereocenters. The van der Waals surface area contributed by atoms with Crippen LogP contribution < -0.4 is 20.1 Å². The molecule has 2 heterocycles. The van der Waals surface area contributed by atoms with E-state index in [4.69, 9.17) is 9.47 Å². The van der Waals surface area contributed by atoms with Gasteiger partial charge in [0, 0.05) is 44.0 Å². The van der Waals surface area contributed by atoms with E-state index in [1.807, 2.05) is 31.3 Å². The quantitative estimate of drug-likeness (QED) is 0.789. The summed E-state index contributed by atoms with van der Waals surface area (Å²) >= 11 is 0. The zero-order valence-corrected chi connectivity index (χ0v) is 15.8. The van der Waals surface area contributed by atoms with Crippen LogP contribution in [0.5, 0.6) is 11.5 Å². The fourth-order valence-corrected chi connectivity index (χ4v) is 3.26. The average molecular weight is 357 g/mol. The number of methoxy groups -OCH3 is 1. The molecule has 1 fully saturated rings. The van der Waals surface area contributed by atoms with Gasteiger partial charge in [-0.15, -0.1) is 0 Å². The Morgan fingerprint density at radius 2 is 2.08 bits per heavy atom. The van der Waals surface area contributed by atoms with Gasteiger partial charge < -0.3 is 25.0 Å². The van der Waals surface area contributed by atoms with Crippen molar-refractivity contribution >= 4 is 17.5 Å². The zero-order valence-electron chi connectivity index (χ0n) is 15.8. The number of aromatic nitrogens is 2. The number of ether oxygens (including phenoxy) is 2. The van der Waals surface area contributed by atoms with Crippen LogP contribution in [0.1, 0.15) is 6.92 Å². The molecule has 0 amide bonds. The summed E-state index contributed by atoms with van der Waals surface area (Å²) in [6.45, 7) is 5.13. The highest BCUT2D eigenvalue weighted by atomic mass is 16.5. The van der Waals surface area contributed by atoms with Crippen molar-refractivity contribution in [3.8, 4) is 11.5 Å². The number of hydrogen-bond donors (Lipinski definition) is 2. The number of hydrogen-bond acceptors (Lipinski definition) is 7. The van der Waals surface area contributed by atoms with Crippen LogP contribution in [-0.4, -0.2) is 55.8 Å². The molecule has 1 aromatic carbocycles. The first-order chi connectivity index (χ1) is 12.6. The standard InChI is InChI=1S/C19H27N5O2/c1-13-10-24(3)11-14(13)12-26-17-9-15(5-6-16(17)25-4)22-19-21-8-7-18(20-2)23-19/h5-9,13-14H,10-12H2,1-4H3,(H2,20,21,22,23)/t13-,14+/m0/s1. The van der Waals surface area contributed by atoms with Gasteiger partial charge in [-0.2, -0.15) is 4.98 Å². The Morgan fingerprint density at radius 1 is 1.23 bits per heavy atom. The van der Waals surface area contributed by atoms with Crippen LogP contribution in [0, 0.1) is 11.8 Å². The molecule has 2 aromatic rings. The lowest BCUT2D eigenvalue weighted by atomic mass is 9.99. The van der Waals surface area contributed by atoms with E-state index in [-0.39, 0.29) is 0 Å². The lowest BCUT2D eigenvalue weighted by Crippen LogP contribution is -2.19. The number of likely N-dealkylation sites (tertiary alicyclic amines) is 1. The van der Waals surface area contributed by atoms with Crippen LogP contribution in [0.15, 0.2) is 30.5 Å². The molecule has 0 aliphatic carbocycles. The second-order valence-corrected chi connectivity index (χ2v) is 6.78. The Bertz CT molecular complexity index is 740. The van der Waals surface area contributed by atoms with E-state index in [2.05, 4.69) is 39.5 Å². The van der Waals surface area contributed by atoms with E-state index in [0.29, 0.717) is 24.4 Å². The van der Waals surface area contributed by atoms with E-state index in [9.17, 15) is 0 Å². The molecule has 26 heavy (non-hydrogen) atoms. The molecule has 7 nitrogen and oxygen atoms in total. The van der Waals surface area contributed by atoms with Crippen LogP contribution in [0.25, 0.3) is 0 Å². The normalized spacial score (nSPS) is 20.0. The fourth-order valence-electron chi connectivity index (χ4n) is 3.26. The van der Waals surface area contributed by atoms with Crippen LogP contribution in [-0.2, 0) is 0 Å². The molecule has 0 saturated carbocycles. The topological polar surface area (TPSA) is 71.5 Å². The third kappa shape index (κ3) is 4.35. The summed E-state index contributed by atoms with van der Waals surface area (Å²) in [5.74, 6) is 3.89. The van der Waals surface area contributed by atoms with Crippen LogP contribution in [0.2, 0.25) is 0 Å². The van der Waals surface area contributed by atoms with Gasteiger partial charge >= 0.3 is 0 Å². The molecular formula is C19H27N5O2. The first kappa shape index (κ1) is 18.3. The van der Waals surface area contributed by atoms with Gasteiger partial charge in [-0.25, -0.2) is 4.98 Å². The van der Waals surface area contributed by atoms with Gasteiger partial charge in [0.25, 0.3) is 0 Å². The van der Waals surface area contributed by atoms with Crippen molar-refractivity contribution in [3.63, 3.8) is 0 Å². The second-order valence-electron chi connectivity index (χ2n) is 6.78. The average Bonchev–Trinajstić information content (AvgIpc) is 2.97. The zero-order chi connectivity index (χ0) is 18.5. The molecule has 1 aliphatic rings. The molecule has 7 heteroatoms. The molecule has 2 atom stereocenters. The Morgan fingerprint density at radius 3 is 2.77 bits per heavy atom. The maximum Gasteiger partial charge on any atom is 0.229 e. The molecule has 140 valence electrons. The smallest absolute Gasteiger partial charge is 0.229 e. The number of nitrogens with zero attached hydrogens (tertiary/aromatic N) is 3. The van der Waals surface area contributed by atoms with Gasteiger partial charge in [0.2, 0.25) is 5.95 Å². The van der Waals surface area contributed by atoms with E-state index in [1.165, 1.54) is 0 Å². The molecule has 0 spiro atoms. The van der Waals surface area contributed by atoms with Gasteiger partial charge in [-0.3, -0.25) is 0 Å². The van der Waals surface area contributed by atoms with Crippen molar-refractivity contribution in [1.29, 1.82) is 0 Å². The highest BCUT2D eigenvalue weighted by molar-refractivity contribution is 5.60. The van der Waals surface area contributed by atoms with E-state index in [1.54, 1.807) is 13.3 Å². The molecule has 1 aliphatic heterocycles. The highest BCUT2D eigenvalue weighted by Crippen LogP contribution is 2.32. The SMILES string of the molecule is CNc1ccnc(Nc2ccc(OC)c(OC[C@H]3CN(C)C[C@@H]3C)c2)n1. The van der Waals surface area contributed by atoms with E-state index in [0.717, 1.165) is 36.1 Å². The summed E-state index contributed by atoms with van der Waals surface area (Å²) in [6.07, 6.45) is 1.71. The number of nitrogens with one attached hydrogen (secondary N) is 2. The van der Waals surface area contributed by atoms with Crippen LogP contribution in [0.3, 0.4) is 0 Å². The Hall–Kier alpha value is -2.54. The van der Waals surface area contributed by atoms with Crippen molar-refractivity contribution in [3.05, 3.63) is 30.5 Å². The Labute approximate surface area is 154 Å². The van der Waals surface area contributed by atoms with Crippen LogP contribution in [0.4, 0.5) is 17.5 Å². The predicted octanol–water partition coefficient (Wildman–Crippen LogP) is 2.85. The third-order valence-corrected chi connectivity index (χ3v) is 4.73. The number of rotatable bonds is 7. The van der Waals surface area contributed by atoms with Crippen molar-refractivity contribution in [2.45, 2.75) is 6.92 Å². The largest absolute Gasteiger partial charge is 0.493 e. The summed E-state index contributed by atoms with van der Waals surface area (Å²) in [6, 6.07) is 7.56. The maximum absolute atomic E-state index is 6.11. The summed E-state index contributed by atoms with van der Waals surface area (Å²) in [7, 11) is 5.63. The highest BCUT2D eigenvalue weighted by Gasteiger charge is 2.28. The van der Waals surface area contributed by atoms with Gasteiger partial charge in [-0.1, -0.05) is 6.92 Å². The Kier molecular flexibility index (Phi) is 5.78. The Balaban J connectivity index is 1.71. The summed E-state index contributed by atoms with van der Waals surface area (Å²) in [4.78, 5) is 11.0. The second kappa shape index (κ2) is 8.23. The van der Waals surface area contributed by atoms with Gasteiger partial charge in [-0.05, 0) is 31.2 Å². The molecule has 1 saturated heterocycles. The minimum atomic E-state index is 0.525. The van der Waals surface area contributed by atoms with Crippen molar-refractivity contribution < 1.29 is 9.47 Å². The van der Waals surface area contributed by atoms with Crippen molar-refractivity contribution in [2.24, 2.45) is 11.8 Å². The molecule has 1 aromatic heterocycles. The van der Waals surface area contributed by atoms with Crippen molar-refractivity contribution in [1.82, 2.24) is 14.9 Å². The summed E-state index contributed by atoms with van der Waals surface area (Å²) < 4.78 is 11.6. The summed E-state index contributed by atoms with van der Waals surface area (Å²) in [5.41, 5.74) is 0.852. The monoisotopic (exact) mass is 357 g/mol. The minimum absolute atomic E-state index is 0.525. The van der Waals surface area contributed by atoms with Gasteiger partial charge in [0.05, 0.1) is 13.7 Å². The molecule has 2 N–H and O–H groups in total. The number of anilines is 3. The predicted molar refractivity (Wildman–Crippen MR) is 104 cm³/mol. The van der Waals surface area contributed by atoms with E-state index >= 15 is 0 Å². The maximum atomic E-state index is 6.11. The third-order valence-electron chi connectivity index (χ3n) is 4.73. The molecule has 3 rings (SSSR count). The number of benzene rings is 1. The lowest BCUT2D eigenvalue weighted by Gasteiger charge is -2.18. The lowest BCUT2D eigenvalue weighted by molar-refractivity contribution is 0.220. The molecular weight excluding hydrogens is 330 g/mol. The first-order valence-corrected chi connectivity index (χ1v) is 8.86. The first-order valence-electron chi connectivity index (χ1n) is 8.86. The van der Waals surface area contributed by atoms with Crippen LogP contribution >= 0.6 is 0 Å². The van der Waals surface area contributed by atoms with Gasteiger partial charge in [0.1, 0.15) is 5.82 Å². The minimum Gasteiger partial charge on any atom is -0.493 e. The van der Waals surface area contributed by atoms with Crippen molar-refractivity contribution in [2.75, 3.05) is 51.5 Å². The van der Waals surface area contributed by atoms with E-state index < -0.39 is 0 Å².